The van der Waals surface area contributed by atoms with Crippen molar-refractivity contribution in [2.45, 2.75) is 25.4 Å². The molecular formula is C19H25FN2O. The summed E-state index contributed by atoms with van der Waals surface area (Å²) in [4.78, 5) is 1.92. The van der Waals surface area contributed by atoms with E-state index in [4.69, 9.17) is 0 Å². The van der Waals surface area contributed by atoms with Crippen LogP contribution in [0.3, 0.4) is 0 Å². The van der Waals surface area contributed by atoms with Gasteiger partial charge in [0.05, 0.1) is 0 Å². The maximum Gasteiger partial charge on any atom is 0.125 e. The standard InChI is InChI=1S/C19H25FN2O/c1-14(17-10-9-16(20)13-19(17)22(2)3)21-18(11-12-23)15-7-5-4-6-8-15/h4-10,13-14,18,21,23H,11-12H2,1-3H3/t14?,18-/m1/s1. The van der Waals surface area contributed by atoms with Crippen LogP contribution in [0.4, 0.5) is 10.1 Å². The Balaban J connectivity index is 2.24. The molecule has 2 N–H and O–H groups in total. The minimum absolute atomic E-state index is 0.0322. The molecule has 4 heteroatoms. The summed E-state index contributed by atoms with van der Waals surface area (Å²) in [6, 6.07) is 15.0. The summed E-state index contributed by atoms with van der Waals surface area (Å²) in [6.07, 6.45) is 0.632. The van der Waals surface area contributed by atoms with E-state index in [1.165, 1.54) is 6.07 Å². The summed E-state index contributed by atoms with van der Waals surface area (Å²) in [5, 5.41) is 12.9. The van der Waals surface area contributed by atoms with E-state index in [1.807, 2.05) is 43.3 Å². The molecule has 2 rings (SSSR count). The second-order valence-corrected chi connectivity index (χ2v) is 5.96. The average molecular weight is 316 g/mol. The number of halogens is 1. The number of anilines is 1. The number of hydrogen-bond acceptors (Lipinski definition) is 3. The summed E-state index contributed by atoms with van der Waals surface area (Å²) in [5.74, 6) is -0.236. The molecule has 0 aliphatic heterocycles. The highest BCUT2D eigenvalue weighted by molar-refractivity contribution is 5.54. The maximum atomic E-state index is 13.5. The predicted octanol–water partition coefficient (Wildman–Crippen LogP) is 3.67. The van der Waals surface area contributed by atoms with Gasteiger partial charge < -0.3 is 15.3 Å². The third-order valence-corrected chi connectivity index (χ3v) is 4.01. The molecule has 0 radical (unpaired) electrons. The normalized spacial score (nSPS) is 13.6. The fourth-order valence-electron chi connectivity index (χ4n) is 2.82. The summed E-state index contributed by atoms with van der Waals surface area (Å²) < 4.78 is 13.5. The zero-order valence-corrected chi connectivity index (χ0v) is 14.0. The Hall–Kier alpha value is -1.91. The van der Waals surface area contributed by atoms with Crippen LogP contribution in [0.15, 0.2) is 48.5 Å². The van der Waals surface area contributed by atoms with Crippen LogP contribution in [0.25, 0.3) is 0 Å². The fourth-order valence-corrected chi connectivity index (χ4v) is 2.82. The lowest BCUT2D eigenvalue weighted by Crippen LogP contribution is -2.27. The molecule has 0 aliphatic carbocycles. The fraction of sp³-hybridized carbons (Fsp3) is 0.368. The number of benzene rings is 2. The minimum Gasteiger partial charge on any atom is -0.396 e. The van der Waals surface area contributed by atoms with Crippen molar-refractivity contribution in [2.75, 3.05) is 25.6 Å². The largest absolute Gasteiger partial charge is 0.396 e. The van der Waals surface area contributed by atoms with Crippen molar-refractivity contribution >= 4 is 5.69 Å². The summed E-state index contributed by atoms with van der Waals surface area (Å²) in [6.45, 7) is 2.18. The van der Waals surface area contributed by atoms with Gasteiger partial charge in [-0.05, 0) is 36.6 Å². The van der Waals surface area contributed by atoms with E-state index in [0.29, 0.717) is 6.42 Å². The van der Waals surface area contributed by atoms with Gasteiger partial charge in [0.25, 0.3) is 0 Å². The van der Waals surface area contributed by atoms with E-state index in [2.05, 4.69) is 24.4 Å². The van der Waals surface area contributed by atoms with Crippen molar-refractivity contribution in [1.29, 1.82) is 0 Å². The first kappa shape index (κ1) is 17.4. The van der Waals surface area contributed by atoms with E-state index in [9.17, 15) is 9.50 Å². The number of nitrogens with zero attached hydrogens (tertiary/aromatic N) is 1. The molecule has 0 amide bonds. The van der Waals surface area contributed by atoms with E-state index in [0.717, 1.165) is 16.8 Å². The Morgan fingerprint density at radius 3 is 2.43 bits per heavy atom. The number of rotatable bonds is 7. The summed E-state index contributed by atoms with van der Waals surface area (Å²) >= 11 is 0. The van der Waals surface area contributed by atoms with Crippen molar-refractivity contribution in [3.8, 4) is 0 Å². The van der Waals surface area contributed by atoms with Gasteiger partial charge in [-0.1, -0.05) is 36.4 Å². The molecule has 0 saturated heterocycles. The first-order valence-electron chi connectivity index (χ1n) is 7.91. The zero-order chi connectivity index (χ0) is 16.8. The van der Waals surface area contributed by atoms with Crippen molar-refractivity contribution in [3.63, 3.8) is 0 Å². The number of aliphatic hydroxyl groups excluding tert-OH is 1. The number of hydrogen-bond donors (Lipinski definition) is 2. The van der Waals surface area contributed by atoms with E-state index in [-0.39, 0.29) is 24.5 Å². The Bertz CT molecular complexity index is 616. The van der Waals surface area contributed by atoms with Crippen LogP contribution >= 0.6 is 0 Å². The van der Waals surface area contributed by atoms with Crippen LogP contribution in [-0.4, -0.2) is 25.8 Å². The van der Waals surface area contributed by atoms with E-state index in [1.54, 1.807) is 6.07 Å². The van der Waals surface area contributed by atoms with Gasteiger partial charge in [-0.15, -0.1) is 0 Å². The molecule has 0 aromatic heterocycles. The van der Waals surface area contributed by atoms with Crippen molar-refractivity contribution < 1.29 is 9.50 Å². The Morgan fingerprint density at radius 1 is 1.13 bits per heavy atom. The van der Waals surface area contributed by atoms with Crippen LogP contribution in [0, 0.1) is 5.82 Å². The lowest BCUT2D eigenvalue weighted by molar-refractivity contribution is 0.260. The second kappa shape index (κ2) is 8.09. The molecule has 0 aliphatic rings. The summed E-state index contributed by atoms with van der Waals surface area (Å²) in [7, 11) is 3.82. The predicted molar refractivity (Wildman–Crippen MR) is 93.2 cm³/mol. The van der Waals surface area contributed by atoms with Gasteiger partial charge in [-0.2, -0.15) is 0 Å². The molecule has 3 nitrogen and oxygen atoms in total. The van der Waals surface area contributed by atoms with Gasteiger partial charge in [-0.3, -0.25) is 0 Å². The molecule has 0 heterocycles. The minimum atomic E-state index is -0.236. The third-order valence-electron chi connectivity index (χ3n) is 4.01. The van der Waals surface area contributed by atoms with Gasteiger partial charge in [0.15, 0.2) is 0 Å². The van der Waals surface area contributed by atoms with Gasteiger partial charge in [-0.25, -0.2) is 4.39 Å². The molecule has 2 aromatic rings. The molecular weight excluding hydrogens is 291 g/mol. The van der Waals surface area contributed by atoms with Crippen molar-refractivity contribution in [2.24, 2.45) is 0 Å². The maximum absolute atomic E-state index is 13.5. The molecule has 0 spiro atoms. The van der Waals surface area contributed by atoms with Gasteiger partial charge in [0, 0.05) is 38.5 Å². The van der Waals surface area contributed by atoms with E-state index >= 15 is 0 Å². The second-order valence-electron chi connectivity index (χ2n) is 5.96. The SMILES string of the molecule is CC(N[C@H](CCO)c1ccccc1)c1ccc(F)cc1N(C)C. The Labute approximate surface area is 137 Å². The smallest absolute Gasteiger partial charge is 0.125 e. The first-order valence-corrected chi connectivity index (χ1v) is 7.91. The third kappa shape index (κ3) is 4.53. The molecule has 23 heavy (non-hydrogen) atoms. The Morgan fingerprint density at radius 2 is 1.83 bits per heavy atom. The quantitative estimate of drug-likeness (QED) is 0.818. The highest BCUT2D eigenvalue weighted by atomic mass is 19.1. The lowest BCUT2D eigenvalue weighted by Gasteiger charge is -2.27. The lowest BCUT2D eigenvalue weighted by atomic mass is 9.99. The molecule has 124 valence electrons. The highest BCUT2D eigenvalue weighted by Gasteiger charge is 2.18. The van der Waals surface area contributed by atoms with Crippen LogP contribution < -0.4 is 10.2 Å². The average Bonchev–Trinajstić information content (AvgIpc) is 2.55. The number of aliphatic hydroxyl groups is 1. The molecule has 2 atom stereocenters. The molecule has 2 aromatic carbocycles. The van der Waals surface area contributed by atoms with Crippen molar-refractivity contribution in [3.05, 3.63) is 65.5 Å². The van der Waals surface area contributed by atoms with Crippen LogP contribution in [0.1, 0.15) is 36.6 Å². The summed E-state index contributed by atoms with van der Waals surface area (Å²) in [5.41, 5.74) is 3.04. The molecule has 1 unspecified atom stereocenters. The van der Waals surface area contributed by atoms with Gasteiger partial charge in [0.1, 0.15) is 5.82 Å². The highest BCUT2D eigenvalue weighted by Crippen LogP contribution is 2.29. The number of nitrogens with one attached hydrogen (secondary N) is 1. The topological polar surface area (TPSA) is 35.5 Å². The zero-order valence-electron chi connectivity index (χ0n) is 14.0. The van der Waals surface area contributed by atoms with E-state index < -0.39 is 0 Å². The first-order chi connectivity index (χ1) is 11.0. The Kier molecular flexibility index (Phi) is 6.13. The van der Waals surface area contributed by atoms with Crippen LogP contribution in [0.5, 0.6) is 0 Å². The van der Waals surface area contributed by atoms with Crippen LogP contribution in [-0.2, 0) is 0 Å². The van der Waals surface area contributed by atoms with Gasteiger partial charge >= 0.3 is 0 Å². The molecule has 0 fully saturated rings. The van der Waals surface area contributed by atoms with Crippen LogP contribution in [0.2, 0.25) is 0 Å². The van der Waals surface area contributed by atoms with Gasteiger partial charge in [0.2, 0.25) is 0 Å². The molecule has 0 saturated carbocycles. The molecule has 0 bridgehead atoms. The van der Waals surface area contributed by atoms with Crippen molar-refractivity contribution in [1.82, 2.24) is 5.32 Å². The monoisotopic (exact) mass is 316 g/mol.